The summed E-state index contributed by atoms with van der Waals surface area (Å²) in [6.07, 6.45) is -4.88. The number of anilines is 2. The molecule has 2 fully saturated rings. The van der Waals surface area contributed by atoms with E-state index in [9.17, 15) is 22.8 Å². The van der Waals surface area contributed by atoms with Crippen molar-refractivity contribution >= 4 is 35.4 Å². The smallest absolute Gasteiger partial charge is 0.429 e. The predicted molar refractivity (Wildman–Crippen MR) is 181 cm³/mol. The maximum absolute atomic E-state index is 14.6. The first-order valence-corrected chi connectivity index (χ1v) is 16.8. The van der Waals surface area contributed by atoms with Gasteiger partial charge in [-0.3, -0.25) is 4.90 Å². The number of hydrogen-bond acceptors (Lipinski definition) is 10. The van der Waals surface area contributed by atoms with E-state index in [0.29, 0.717) is 38.0 Å². The maximum atomic E-state index is 14.6. The largest absolute Gasteiger partial charge is 0.464 e. The van der Waals surface area contributed by atoms with Crippen molar-refractivity contribution < 1.29 is 37.0 Å². The van der Waals surface area contributed by atoms with E-state index >= 15 is 0 Å². The summed E-state index contributed by atoms with van der Waals surface area (Å²) in [5.74, 6) is -0.845. The molecule has 0 radical (unpaired) electrons. The van der Waals surface area contributed by atoms with Gasteiger partial charge in [-0.2, -0.15) is 28.2 Å². The number of nitrogens with zero attached hydrogens (tertiary/aromatic N) is 6. The molecule has 2 atom stereocenters. The van der Waals surface area contributed by atoms with Crippen molar-refractivity contribution in [2.24, 2.45) is 5.41 Å². The molecule has 1 amide bonds. The molecule has 51 heavy (non-hydrogen) atoms. The molecule has 16 heteroatoms. The number of halogens is 4. The first kappa shape index (κ1) is 35.8. The van der Waals surface area contributed by atoms with Crippen molar-refractivity contribution in [2.45, 2.75) is 58.0 Å². The van der Waals surface area contributed by atoms with Crippen molar-refractivity contribution in [3.05, 3.63) is 88.7 Å². The highest BCUT2D eigenvalue weighted by Gasteiger charge is 2.51. The predicted octanol–water partition coefficient (Wildman–Crippen LogP) is 6.45. The van der Waals surface area contributed by atoms with Crippen molar-refractivity contribution in [1.82, 2.24) is 24.6 Å². The fraction of sp³-hybridized carbons (Fsp3) is 0.400. The molecule has 2 aromatic carbocycles. The summed E-state index contributed by atoms with van der Waals surface area (Å²) in [7, 11) is 0. The molecule has 270 valence electrons. The third kappa shape index (κ3) is 8.14. The average Bonchev–Trinajstić information content (AvgIpc) is 3.70. The summed E-state index contributed by atoms with van der Waals surface area (Å²) >= 11 is 6.17. The molecule has 4 heterocycles. The number of aryl methyl sites for hydroxylation is 1. The minimum atomic E-state index is -4.85. The number of piperidine rings is 1. The highest BCUT2D eigenvalue weighted by atomic mass is 35.5. The minimum Gasteiger partial charge on any atom is -0.464 e. The molecule has 6 rings (SSSR count). The number of aromatic nitrogens is 4. The number of nitrogens with two attached hydrogens (primary N) is 1. The molecule has 2 aliphatic rings. The lowest BCUT2D eigenvalue weighted by Gasteiger charge is -2.39. The second kappa shape index (κ2) is 14.7. The average molecular weight is 728 g/mol. The molecule has 2 saturated heterocycles. The van der Waals surface area contributed by atoms with Crippen LogP contribution in [0.2, 0.25) is 5.02 Å². The van der Waals surface area contributed by atoms with E-state index in [1.165, 1.54) is 40.0 Å². The van der Waals surface area contributed by atoms with Crippen LogP contribution in [0, 0.1) is 12.3 Å². The molecule has 2 aromatic heterocycles. The summed E-state index contributed by atoms with van der Waals surface area (Å²) in [5, 5.41) is 4.49. The number of benzene rings is 2. The van der Waals surface area contributed by atoms with Crippen LogP contribution in [0.1, 0.15) is 49.1 Å². The number of nitrogen functional groups attached to an aromatic ring is 1. The molecule has 1 spiro atoms. The topological polar surface area (TPSA) is 138 Å². The van der Waals surface area contributed by atoms with Crippen molar-refractivity contribution in [3.63, 3.8) is 0 Å². The number of rotatable bonds is 9. The molecule has 4 aromatic rings. The van der Waals surface area contributed by atoms with Gasteiger partial charge in [0.15, 0.2) is 0 Å². The number of alkyl halides is 3. The Hall–Kier alpha value is -5.05. The summed E-state index contributed by atoms with van der Waals surface area (Å²) in [6, 6.07) is 15.4. The van der Waals surface area contributed by atoms with Gasteiger partial charge in [0.25, 0.3) is 0 Å². The lowest BCUT2D eigenvalue weighted by Crippen LogP contribution is -2.43. The summed E-state index contributed by atoms with van der Waals surface area (Å²) < 4.78 is 61.7. The van der Waals surface area contributed by atoms with Gasteiger partial charge in [0.1, 0.15) is 18.5 Å². The normalized spacial score (nSPS) is 17.7. The van der Waals surface area contributed by atoms with Gasteiger partial charge in [-0.15, -0.1) is 0 Å². The van der Waals surface area contributed by atoms with Gasteiger partial charge >= 0.3 is 18.2 Å². The standard InChI is InChI=1S/C35H37ClF3N7O5/c1-3-49-31(47)27-19-34(21-45(27)33(48)50-20-23-7-5-4-6-8-23)12-15-44(16-13-34)28-18-29(42-32(40)41-28)51-30(35(37,38)39)25-10-9-24(36)17-26(25)46-14-11-22(2)43-46/h4-11,14,17-18,27,30H,3,12-13,15-16,19-21H2,1-2H3,(H2,40,41,42)/t27-,30+/m0/s1. The molecule has 0 aliphatic carbocycles. The van der Waals surface area contributed by atoms with Gasteiger partial charge in [0, 0.05) is 42.5 Å². The van der Waals surface area contributed by atoms with Gasteiger partial charge in [-0.1, -0.05) is 48.0 Å². The molecule has 2 N–H and O–H groups in total. The van der Waals surface area contributed by atoms with Gasteiger partial charge < -0.3 is 24.8 Å². The van der Waals surface area contributed by atoms with Gasteiger partial charge in [0.2, 0.25) is 17.9 Å². The molecular formula is C35H37ClF3N7O5. The van der Waals surface area contributed by atoms with Gasteiger partial charge in [-0.05, 0) is 62.3 Å². The first-order chi connectivity index (χ1) is 24.3. The van der Waals surface area contributed by atoms with E-state index < -0.39 is 35.8 Å². The van der Waals surface area contributed by atoms with Crippen LogP contribution >= 0.6 is 11.6 Å². The second-order valence-electron chi connectivity index (χ2n) is 12.7. The third-order valence-corrected chi connectivity index (χ3v) is 9.38. The summed E-state index contributed by atoms with van der Waals surface area (Å²) in [4.78, 5) is 37.8. The summed E-state index contributed by atoms with van der Waals surface area (Å²) in [5.41, 5.74) is 6.87. The van der Waals surface area contributed by atoms with E-state index in [0.717, 1.165) is 5.56 Å². The van der Waals surface area contributed by atoms with Gasteiger partial charge in [-0.25, -0.2) is 14.3 Å². The Morgan fingerprint density at radius 3 is 2.47 bits per heavy atom. The van der Waals surface area contributed by atoms with Crippen LogP contribution < -0.4 is 15.4 Å². The van der Waals surface area contributed by atoms with Crippen LogP contribution in [0.25, 0.3) is 5.69 Å². The van der Waals surface area contributed by atoms with Crippen LogP contribution in [0.15, 0.2) is 66.9 Å². The fourth-order valence-corrected chi connectivity index (χ4v) is 6.80. The highest BCUT2D eigenvalue weighted by Crippen LogP contribution is 2.45. The van der Waals surface area contributed by atoms with Crippen LogP contribution in [0.4, 0.5) is 29.7 Å². The number of esters is 1. The summed E-state index contributed by atoms with van der Waals surface area (Å²) in [6.45, 7) is 4.76. The number of carbonyl (C=O) groups excluding carboxylic acids is 2. The Bertz CT molecular complexity index is 1870. The van der Waals surface area contributed by atoms with Crippen molar-refractivity contribution in [1.29, 1.82) is 0 Å². The zero-order valence-corrected chi connectivity index (χ0v) is 28.7. The highest BCUT2D eigenvalue weighted by molar-refractivity contribution is 6.30. The van der Waals surface area contributed by atoms with E-state index in [4.69, 9.17) is 31.5 Å². The molecule has 2 aliphatic heterocycles. The number of likely N-dealkylation sites (tertiary alicyclic amines) is 1. The Morgan fingerprint density at radius 1 is 1.06 bits per heavy atom. The zero-order chi connectivity index (χ0) is 36.3. The lowest BCUT2D eigenvalue weighted by atomic mass is 9.76. The second-order valence-corrected chi connectivity index (χ2v) is 13.1. The fourth-order valence-electron chi connectivity index (χ4n) is 6.64. The van der Waals surface area contributed by atoms with E-state index in [-0.39, 0.29) is 53.7 Å². The molecule has 12 nitrogen and oxygen atoms in total. The van der Waals surface area contributed by atoms with Crippen LogP contribution in [-0.2, 0) is 20.9 Å². The minimum absolute atomic E-state index is 0.0590. The Morgan fingerprint density at radius 2 is 1.80 bits per heavy atom. The monoisotopic (exact) mass is 727 g/mol. The SMILES string of the molecule is CCOC(=O)[C@@H]1CC2(CCN(c3cc(O[C@H](c4ccc(Cl)cc4-n4ccc(C)n4)C(F)(F)F)nc(N)n3)CC2)CN1C(=O)OCc1ccccc1. The number of amides is 1. The number of hydrogen-bond donors (Lipinski definition) is 1. The maximum Gasteiger partial charge on any atom is 0.429 e. The van der Waals surface area contributed by atoms with E-state index in [2.05, 4.69) is 15.1 Å². The molecular weight excluding hydrogens is 691 g/mol. The van der Waals surface area contributed by atoms with Crippen LogP contribution in [0.5, 0.6) is 5.88 Å². The number of carbonyl (C=O) groups is 2. The van der Waals surface area contributed by atoms with Crippen molar-refractivity contribution in [3.8, 4) is 11.6 Å². The molecule has 0 unspecified atom stereocenters. The third-order valence-electron chi connectivity index (χ3n) is 9.14. The van der Waals surface area contributed by atoms with E-state index in [1.54, 1.807) is 19.9 Å². The first-order valence-electron chi connectivity index (χ1n) is 16.4. The Labute approximate surface area is 297 Å². The Balaban J connectivity index is 1.19. The van der Waals surface area contributed by atoms with Crippen molar-refractivity contribution in [2.75, 3.05) is 36.9 Å². The van der Waals surface area contributed by atoms with E-state index in [1.807, 2.05) is 35.2 Å². The lowest BCUT2D eigenvalue weighted by molar-refractivity contribution is -0.198. The number of ether oxygens (including phenoxy) is 3. The molecule has 0 bridgehead atoms. The van der Waals surface area contributed by atoms with Gasteiger partial charge in [0.05, 0.1) is 18.0 Å². The quantitative estimate of drug-likeness (QED) is 0.192. The van der Waals surface area contributed by atoms with Crippen LogP contribution in [0.3, 0.4) is 0 Å². The van der Waals surface area contributed by atoms with Crippen LogP contribution in [-0.4, -0.2) is 75.2 Å². The Kier molecular flexibility index (Phi) is 10.3. The zero-order valence-electron chi connectivity index (χ0n) is 28.0. The molecule has 0 saturated carbocycles.